The molecule has 0 aliphatic rings. The fraction of sp³-hybridized carbons (Fsp3) is 0.222. The van der Waals surface area contributed by atoms with Crippen molar-refractivity contribution in [3.63, 3.8) is 0 Å². The normalized spacial score (nSPS) is 8.42. The third kappa shape index (κ3) is 1.89. The molecule has 3 heteroatoms. The molecule has 1 aromatic rings. The van der Waals surface area contributed by atoms with Gasteiger partial charge in [-0.2, -0.15) is 0 Å². The zero-order valence-electron chi connectivity index (χ0n) is 6.66. The van der Waals surface area contributed by atoms with E-state index in [9.17, 15) is 4.79 Å². The Hall–Kier alpha value is -1.69. The highest BCUT2D eigenvalue weighted by Crippen LogP contribution is 2.22. The average Bonchev–Trinajstić information content (AvgIpc) is 2.15. The Morgan fingerprint density at radius 2 is 2.50 bits per heavy atom. The predicted molar refractivity (Wildman–Crippen MR) is 42.2 cm³/mol. The van der Waals surface area contributed by atoms with Crippen LogP contribution in [0.4, 0.5) is 0 Å². The van der Waals surface area contributed by atoms with Gasteiger partial charge in [-0.25, -0.2) is 0 Å². The van der Waals surface area contributed by atoms with E-state index in [1.165, 1.54) is 7.11 Å². The predicted octanol–water partition coefficient (Wildman–Crippen LogP) is 0.873. The molecular formula is C9H8O3. The van der Waals surface area contributed by atoms with Crippen molar-refractivity contribution < 1.29 is 14.3 Å². The summed E-state index contributed by atoms with van der Waals surface area (Å²) in [6.45, 7) is 0.00468. The lowest BCUT2D eigenvalue weighted by atomic mass is 10.4. The van der Waals surface area contributed by atoms with Gasteiger partial charge in [-0.3, -0.25) is 4.79 Å². The second-order valence-electron chi connectivity index (χ2n) is 1.98. The molecule has 0 amide bonds. The third-order valence-electron chi connectivity index (χ3n) is 1.24. The second kappa shape index (κ2) is 4.24. The van der Waals surface area contributed by atoms with Crippen LogP contribution in [0.5, 0.6) is 11.5 Å². The summed E-state index contributed by atoms with van der Waals surface area (Å²) in [6, 6.07) is 8.74. The van der Waals surface area contributed by atoms with Gasteiger partial charge in [-0.05, 0) is 18.2 Å². The van der Waals surface area contributed by atoms with E-state index in [1.807, 2.05) is 0 Å². The monoisotopic (exact) mass is 164 g/mol. The van der Waals surface area contributed by atoms with Crippen LogP contribution in [-0.2, 0) is 4.79 Å². The van der Waals surface area contributed by atoms with E-state index >= 15 is 0 Å². The number of ether oxygens (including phenoxy) is 2. The van der Waals surface area contributed by atoms with Crippen LogP contribution in [-0.4, -0.2) is 20.0 Å². The Labute approximate surface area is 70.9 Å². The lowest BCUT2D eigenvalue weighted by molar-refractivity contribution is -0.109. The van der Waals surface area contributed by atoms with Crippen molar-refractivity contribution in [2.45, 2.75) is 0 Å². The molecule has 0 fully saturated rings. The van der Waals surface area contributed by atoms with Crippen LogP contribution < -0.4 is 9.47 Å². The van der Waals surface area contributed by atoms with Crippen molar-refractivity contribution >= 4 is 6.29 Å². The SMILES string of the molecule is COc1ccc#cc1OCC=O. The summed E-state index contributed by atoms with van der Waals surface area (Å²) in [5.41, 5.74) is 0. The van der Waals surface area contributed by atoms with Gasteiger partial charge in [0.25, 0.3) is 0 Å². The van der Waals surface area contributed by atoms with Crippen molar-refractivity contribution in [1.82, 2.24) is 0 Å². The van der Waals surface area contributed by atoms with Crippen LogP contribution in [0.1, 0.15) is 0 Å². The summed E-state index contributed by atoms with van der Waals surface area (Å²) in [4.78, 5) is 9.99. The van der Waals surface area contributed by atoms with Gasteiger partial charge in [0.05, 0.1) is 7.11 Å². The molecule has 0 aliphatic heterocycles. The maximum Gasteiger partial charge on any atom is 0.213 e. The first-order valence-electron chi connectivity index (χ1n) is 3.41. The van der Waals surface area contributed by atoms with Crippen LogP contribution in [0, 0.1) is 12.1 Å². The molecule has 0 saturated heterocycles. The van der Waals surface area contributed by atoms with Crippen LogP contribution in [0.3, 0.4) is 0 Å². The highest BCUT2D eigenvalue weighted by Gasteiger charge is 1.99. The summed E-state index contributed by atoms with van der Waals surface area (Å²) in [5, 5.41) is 0. The molecule has 1 rings (SSSR count). The minimum absolute atomic E-state index is 0.00468. The zero-order valence-corrected chi connectivity index (χ0v) is 6.66. The number of hydrogen-bond acceptors (Lipinski definition) is 3. The molecular weight excluding hydrogens is 156 g/mol. The molecule has 0 atom stereocenters. The van der Waals surface area contributed by atoms with E-state index in [4.69, 9.17) is 9.47 Å². The number of hydrogen-bond donors (Lipinski definition) is 0. The van der Waals surface area contributed by atoms with Gasteiger partial charge in [-0.1, -0.05) is 6.07 Å². The maximum atomic E-state index is 9.99. The fourth-order valence-corrected chi connectivity index (χ4v) is 0.747. The fourth-order valence-electron chi connectivity index (χ4n) is 0.747. The minimum Gasteiger partial charge on any atom is -0.492 e. The van der Waals surface area contributed by atoms with E-state index in [0.29, 0.717) is 17.8 Å². The van der Waals surface area contributed by atoms with Crippen LogP contribution in [0.25, 0.3) is 0 Å². The van der Waals surface area contributed by atoms with E-state index in [0.717, 1.165) is 0 Å². The van der Waals surface area contributed by atoms with Gasteiger partial charge in [-0.15, -0.1) is 0 Å². The summed E-state index contributed by atoms with van der Waals surface area (Å²) < 4.78 is 9.95. The quantitative estimate of drug-likeness (QED) is 0.619. The topological polar surface area (TPSA) is 35.5 Å². The van der Waals surface area contributed by atoms with E-state index in [-0.39, 0.29) is 6.61 Å². The Kier molecular flexibility index (Phi) is 2.97. The first kappa shape index (κ1) is 8.41. The molecule has 0 aromatic heterocycles. The van der Waals surface area contributed by atoms with Crippen molar-refractivity contribution in [2.75, 3.05) is 13.7 Å². The van der Waals surface area contributed by atoms with Crippen molar-refractivity contribution in [3.8, 4) is 11.5 Å². The third-order valence-corrected chi connectivity index (χ3v) is 1.24. The maximum absolute atomic E-state index is 9.99. The van der Waals surface area contributed by atoms with Crippen LogP contribution >= 0.6 is 0 Å². The molecule has 3 nitrogen and oxygen atoms in total. The zero-order chi connectivity index (χ0) is 8.81. The van der Waals surface area contributed by atoms with Gasteiger partial charge >= 0.3 is 0 Å². The van der Waals surface area contributed by atoms with Crippen LogP contribution in [0.15, 0.2) is 12.1 Å². The van der Waals surface area contributed by atoms with E-state index < -0.39 is 0 Å². The molecule has 0 saturated carbocycles. The standard InChI is InChI=1S/C9H8O3/c1-11-8-4-2-3-5-9(8)12-7-6-10/h2,4,6H,7H2,1H3. The Morgan fingerprint density at radius 3 is 3.17 bits per heavy atom. The Morgan fingerprint density at radius 1 is 1.67 bits per heavy atom. The molecule has 0 N–H and O–H groups in total. The second-order valence-corrected chi connectivity index (χ2v) is 1.98. The van der Waals surface area contributed by atoms with Gasteiger partial charge < -0.3 is 9.47 Å². The first-order valence-corrected chi connectivity index (χ1v) is 3.41. The van der Waals surface area contributed by atoms with Crippen LogP contribution in [0.2, 0.25) is 0 Å². The highest BCUT2D eigenvalue weighted by molar-refractivity contribution is 5.52. The highest BCUT2D eigenvalue weighted by atomic mass is 16.5. The lowest BCUT2D eigenvalue weighted by Gasteiger charge is -2.03. The summed E-state index contributed by atoms with van der Waals surface area (Å²) in [7, 11) is 1.52. The minimum atomic E-state index is 0.00468. The van der Waals surface area contributed by atoms with E-state index in [2.05, 4.69) is 12.1 Å². The van der Waals surface area contributed by atoms with Crippen molar-refractivity contribution in [3.05, 3.63) is 24.3 Å². The molecule has 62 valence electrons. The number of methoxy groups -OCH3 is 1. The van der Waals surface area contributed by atoms with Gasteiger partial charge in [0.15, 0.2) is 12.0 Å². The number of carbonyl (C=O) groups is 1. The van der Waals surface area contributed by atoms with Gasteiger partial charge in [0, 0.05) is 0 Å². The Balaban J connectivity index is 2.74. The molecule has 0 spiro atoms. The molecule has 1 aromatic carbocycles. The number of carbonyl (C=O) groups excluding carboxylic acids is 1. The number of aldehydes is 1. The molecule has 0 radical (unpaired) electrons. The summed E-state index contributed by atoms with van der Waals surface area (Å²) >= 11 is 0. The van der Waals surface area contributed by atoms with Crippen molar-refractivity contribution in [1.29, 1.82) is 0 Å². The summed E-state index contributed by atoms with van der Waals surface area (Å²) in [6.07, 6.45) is 0.667. The molecule has 0 unspecified atom stereocenters. The largest absolute Gasteiger partial charge is 0.492 e. The Bertz CT molecular complexity index is 258. The molecule has 12 heavy (non-hydrogen) atoms. The smallest absolute Gasteiger partial charge is 0.213 e. The molecule has 0 aliphatic carbocycles. The van der Waals surface area contributed by atoms with E-state index in [1.54, 1.807) is 12.1 Å². The summed E-state index contributed by atoms with van der Waals surface area (Å²) in [5.74, 6) is 0.961. The van der Waals surface area contributed by atoms with Gasteiger partial charge in [0.1, 0.15) is 6.61 Å². The first-order chi connectivity index (χ1) is 5.88. The lowest BCUT2D eigenvalue weighted by Crippen LogP contribution is -1.98. The number of rotatable bonds is 4. The molecule has 0 bridgehead atoms. The van der Waals surface area contributed by atoms with Crippen molar-refractivity contribution in [2.24, 2.45) is 0 Å². The average molecular weight is 164 g/mol. The van der Waals surface area contributed by atoms with Gasteiger partial charge in [0.2, 0.25) is 5.75 Å². The molecule has 0 heterocycles.